The van der Waals surface area contributed by atoms with Gasteiger partial charge in [-0.1, -0.05) is 49.8 Å². The van der Waals surface area contributed by atoms with Crippen LogP contribution in [0.3, 0.4) is 0 Å². The molecule has 2 rings (SSSR count). The van der Waals surface area contributed by atoms with Crippen molar-refractivity contribution in [1.82, 2.24) is 5.32 Å². The van der Waals surface area contributed by atoms with E-state index in [0.29, 0.717) is 0 Å². The first-order valence-corrected chi connectivity index (χ1v) is 6.98. The molecule has 0 radical (unpaired) electrons. The molecule has 0 amide bonds. The fraction of sp³-hybridized carbons (Fsp3) is 0.412. The fourth-order valence-corrected chi connectivity index (χ4v) is 2.43. The second-order valence-electron chi connectivity index (χ2n) is 4.96. The van der Waals surface area contributed by atoms with Crippen molar-refractivity contribution in [2.45, 2.75) is 39.7 Å². The molecule has 0 spiro atoms. The number of unbranched alkanes of at least 4 members (excludes halogenated alkanes) is 1. The molecule has 0 bridgehead atoms. The number of hydrogen-bond donors (Lipinski definition) is 1. The highest BCUT2D eigenvalue weighted by molar-refractivity contribution is 5.76. The Labute approximate surface area is 111 Å². The van der Waals surface area contributed by atoms with Crippen molar-refractivity contribution >= 4 is 5.57 Å². The van der Waals surface area contributed by atoms with Crippen LogP contribution in [0.1, 0.15) is 44.2 Å². The fourth-order valence-electron chi connectivity index (χ4n) is 2.43. The maximum atomic E-state index is 3.54. The van der Waals surface area contributed by atoms with Gasteiger partial charge in [-0.05, 0) is 48.6 Å². The molecule has 0 atom stereocenters. The lowest BCUT2D eigenvalue weighted by atomic mass is 9.96. The molecule has 0 saturated heterocycles. The Morgan fingerprint density at radius 3 is 2.78 bits per heavy atom. The summed E-state index contributed by atoms with van der Waals surface area (Å²) in [5.74, 6) is 0. The van der Waals surface area contributed by atoms with E-state index in [1.165, 1.54) is 35.1 Å². The summed E-state index contributed by atoms with van der Waals surface area (Å²) in [6.07, 6.45) is 8.08. The molecule has 0 fully saturated rings. The van der Waals surface area contributed by atoms with Gasteiger partial charge in [0.1, 0.15) is 0 Å². The van der Waals surface area contributed by atoms with Gasteiger partial charge in [-0.25, -0.2) is 0 Å². The second-order valence-corrected chi connectivity index (χ2v) is 4.96. The predicted octanol–water partition coefficient (Wildman–Crippen LogP) is 4.31. The molecule has 1 N–H and O–H groups in total. The molecule has 96 valence electrons. The van der Waals surface area contributed by atoms with E-state index in [1.54, 1.807) is 0 Å². The van der Waals surface area contributed by atoms with Gasteiger partial charge in [0.2, 0.25) is 0 Å². The van der Waals surface area contributed by atoms with Gasteiger partial charge in [-0.2, -0.15) is 0 Å². The van der Waals surface area contributed by atoms with E-state index >= 15 is 0 Å². The van der Waals surface area contributed by atoms with Crippen molar-refractivity contribution in [3.63, 3.8) is 0 Å². The third-order valence-electron chi connectivity index (χ3n) is 3.53. The lowest BCUT2D eigenvalue weighted by Gasteiger charge is -2.12. The molecule has 1 aliphatic rings. The van der Waals surface area contributed by atoms with Crippen molar-refractivity contribution < 1.29 is 0 Å². The Kier molecular flexibility index (Phi) is 4.77. The minimum atomic E-state index is 0.979. The molecule has 0 aromatic heterocycles. The predicted molar refractivity (Wildman–Crippen MR) is 79.4 cm³/mol. The zero-order chi connectivity index (χ0) is 12.8. The summed E-state index contributed by atoms with van der Waals surface area (Å²) in [6, 6.07) is 8.78. The summed E-state index contributed by atoms with van der Waals surface area (Å²) in [4.78, 5) is 0. The van der Waals surface area contributed by atoms with Crippen molar-refractivity contribution in [3.05, 3.63) is 53.1 Å². The van der Waals surface area contributed by atoms with Crippen LogP contribution in [-0.4, -0.2) is 6.54 Å². The Morgan fingerprint density at radius 2 is 2.06 bits per heavy atom. The van der Waals surface area contributed by atoms with Crippen LogP contribution in [0.2, 0.25) is 0 Å². The third-order valence-corrected chi connectivity index (χ3v) is 3.53. The van der Waals surface area contributed by atoms with E-state index in [1.807, 2.05) is 0 Å². The van der Waals surface area contributed by atoms with Gasteiger partial charge in [-0.15, -0.1) is 0 Å². The van der Waals surface area contributed by atoms with E-state index in [-0.39, 0.29) is 0 Å². The SMILES string of the molecule is CCCCNCc1ccccc1C1=C(C)C=CC1. The van der Waals surface area contributed by atoms with Crippen LogP contribution >= 0.6 is 0 Å². The Morgan fingerprint density at radius 1 is 1.22 bits per heavy atom. The number of hydrogen-bond acceptors (Lipinski definition) is 1. The summed E-state index contributed by atoms with van der Waals surface area (Å²) in [6.45, 7) is 6.53. The molecular weight excluding hydrogens is 218 g/mol. The van der Waals surface area contributed by atoms with E-state index in [0.717, 1.165) is 19.5 Å². The monoisotopic (exact) mass is 241 g/mol. The molecule has 1 aromatic rings. The molecule has 1 heteroatoms. The first kappa shape index (κ1) is 13.1. The van der Waals surface area contributed by atoms with Gasteiger partial charge in [-0.3, -0.25) is 0 Å². The van der Waals surface area contributed by atoms with E-state index in [2.05, 4.69) is 55.6 Å². The first-order valence-electron chi connectivity index (χ1n) is 6.98. The van der Waals surface area contributed by atoms with Crippen molar-refractivity contribution in [2.75, 3.05) is 6.54 Å². The van der Waals surface area contributed by atoms with E-state index in [4.69, 9.17) is 0 Å². The minimum Gasteiger partial charge on any atom is -0.313 e. The molecule has 18 heavy (non-hydrogen) atoms. The number of nitrogens with one attached hydrogen (secondary N) is 1. The van der Waals surface area contributed by atoms with Crippen molar-refractivity contribution in [3.8, 4) is 0 Å². The standard InChI is InChI=1S/C17H23N/c1-3-4-12-18-13-15-9-5-6-10-17(15)16-11-7-8-14(16)2/h5-10,18H,3-4,11-13H2,1-2H3. The minimum absolute atomic E-state index is 0.979. The molecule has 0 saturated carbocycles. The lowest BCUT2D eigenvalue weighted by Crippen LogP contribution is -2.15. The highest BCUT2D eigenvalue weighted by Crippen LogP contribution is 2.30. The van der Waals surface area contributed by atoms with Gasteiger partial charge >= 0.3 is 0 Å². The Hall–Kier alpha value is -1.34. The molecule has 1 aromatic carbocycles. The van der Waals surface area contributed by atoms with E-state index < -0.39 is 0 Å². The third kappa shape index (κ3) is 3.11. The van der Waals surface area contributed by atoms with Crippen LogP contribution < -0.4 is 5.32 Å². The van der Waals surface area contributed by atoms with Crippen molar-refractivity contribution in [2.24, 2.45) is 0 Å². The Balaban J connectivity index is 2.09. The van der Waals surface area contributed by atoms with Gasteiger partial charge in [0.05, 0.1) is 0 Å². The number of rotatable bonds is 6. The summed E-state index contributed by atoms with van der Waals surface area (Å²) in [7, 11) is 0. The van der Waals surface area contributed by atoms with Crippen LogP contribution in [0.15, 0.2) is 42.0 Å². The van der Waals surface area contributed by atoms with Crippen LogP contribution in [0.4, 0.5) is 0 Å². The topological polar surface area (TPSA) is 12.0 Å². The average molecular weight is 241 g/mol. The summed E-state index contributed by atoms with van der Waals surface area (Å²) in [5, 5.41) is 3.54. The van der Waals surface area contributed by atoms with Gasteiger partial charge in [0.15, 0.2) is 0 Å². The average Bonchev–Trinajstić information content (AvgIpc) is 2.81. The van der Waals surface area contributed by atoms with Crippen LogP contribution in [-0.2, 0) is 6.54 Å². The van der Waals surface area contributed by atoms with Crippen LogP contribution in [0, 0.1) is 0 Å². The van der Waals surface area contributed by atoms with Crippen LogP contribution in [0.25, 0.3) is 5.57 Å². The quantitative estimate of drug-likeness (QED) is 0.732. The maximum absolute atomic E-state index is 3.54. The van der Waals surface area contributed by atoms with Gasteiger partial charge < -0.3 is 5.32 Å². The molecule has 0 aliphatic heterocycles. The van der Waals surface area contributed by atoms with Crippen LogP contribution in [0.5, 0.6) is 0 Å². The highest BCUT2D eigenvalue weighted by Gasteiger charge is 2.11. The maximum Gasteiger partial charge on any atom is 0.0211 e. The molecule has 1 aliphatic carbocycles. The first-order chi connectivity index (χ1) is 8.83. The zero-order valence-electron chi connectivity index (χ0n) is 11.5. The van der Waals surface area contributed by atoms with E-state index in [9.17, 15) is 0 Å². The normalized spacial score (nSPS) is 14.6. The number of benzene rings is 1. The van der Waals surface area contributed by atoms with Gasteiger partial charge in [0, 0.05) is 6.54 Å². The summed E-state index contributed by atoms with van der Waals surface area (Å²) >= 11 is 0. The molecule has 0 unspecified atom stereocenters. The largest absolute Gasteiger partial charge is 0.313 e. The summed E-state index contributed by atoms with van der Waals surface area (Å²) in [5.41, 5.74) is 5.74. The van der Waals surface area contributed by atoms with Gasteiger partial charge in [0.25, 0.3) is 0 Å². The summed E-state index contributed by atoms with van der Waals surface area (Å²) < 4.78 is 0. The second kappa shape index (κ2) is 6.55. The lowest BCUT2D eigenvalue weighted by molar-refractivity contribution is 0.641. The molecule has 1 nitrogen and oxygen atoms in total. The zero-order valence-corrected chi connectivity index (χ0v) is 11.5. The Bertz CT molecular complexity index is 454. The smallest absolute Gasteiger partial charge is 0.0211 e. The number of allylic oxidation sites excluding steroid dienone is 4. The van der Waals surface area contributed by atoms with Crippen molar-refractivity contribution in [1.29, 1.82) is 0 Å². The highest BCUT2D eigenvalue weighted by atomic mass is 14.8. The molecular formula is C17H23N. The molecule has 0 heterocycles.